The van der Waals surface area contributed by atoms with Gasteiger partial charge in [-0.25, -0.2) is 4.98 Å². The van der Waals surface area contributed by atoms with Crippen LogP contribution in [0.4, 0.5) is 5.82 Å². The van der Waals surface area contributed by atoms with Crippen molar-refractivity contribution in [1.82, 2.24) is 9.88 Å². The summed E-state index contributed by atoms with van der Waals surface area (Å²) < 4.78 is 0. The molecule has 0 aromatic carbocycles. The van der Waals surface area contributed by atoms with Gasteiger partial charge < -0.3 is 9.80 Å². The maximum atomic E-state index is 4.65. The topological polar surface area (TPSA) is 19.4 Å². The van der Waals surface area contributed by atoms with Crippen molar-refractivity contribution in [3.63, 3.8) is 0 Å². The van der Waals surface area contributed by atoms with Crippen LogP contribution in [0.3, 0.4) is 0 Å². The van der Waals surface area contributed by atoms with E-state index in [1.807, 2.05) is 6.20 Å². The largest absolute Gasteiger partial charge is 0.354 e. The molecule has 0 spiro atoms. The number of pyridine rings is 1. The van der Waals surface area contributed by atoms with Gasteiger partial charge in [0.25, 0.3) is 0 Å². The summed E-state index contributed by atoms with van der Waals surface area (Å²) in [5.74, 6) is 1.21. The minimum Gasteiger partial charge on any atom is -0.354 e. The standard InChI is InChI=1S/C14H23N3/c1-4-5-13-10-12(2)11-15-14(13)17-8-6-16(3)7-9-17/h10-11H,4-9H2,1-3H3. The molecule has 94 valence electrons. The highest BCUT2D eigenvalue weighted by Crippen LogP contribution is 2.21. The Hall–Kier alpha value is -1.09. The van der Waals surface area contributed by atoms with Crippen LogP contribution in [0.1, 0.15) is 24.5 Å². The number of hydrogen-bond acceptors (Lipinski definition) is 3. The molecule has 3 nitrogen and oxygen atoms in total. The first kappa shape index (κ1) is 12.4. The maximum absolute atomic E-state index is 4.65. The second-order valence-corrected chi connectivity index (χ2v) is 5.04. The Balaban J connectivity index is 2.18. The van der Waals surface area contributed by atoms with Crippen LogP contribution in [-0.2, 0) is 6.42 Å². The Morgan fingerprint density at radius 1 is 1.24 bits per heavy atom. The average molecular weight is 233 g/mol. The number of nitrogens with zero attached hydrogens (tertiary/aromatic N) is 3. The van der Waals surface area contributed by atoms with Crippen molar-refractivity contribution in [2.75, 3.05) is 38.1 Å². The number of likely N-dealkylation sites (N-methyl/N-ethyl adjacent to an activating group) is 1. The first-order valence-corrected chi connectivity index (χ1v) is 6.59. The van der Waals surface area contributed by atoms with Crippen LogP contribution >= 0.6 is 0 Å². The molecule has 0 bridgehead atoms. The van der Waals surface area contributed by atoms with Crippen LogP contribution < -0.4 is 4.90 Å². The molecule has 2 heterocycles. The Labute approximate surface area is 104 Å². The van der Waals surface area contributed by atoms with E-state index in [2.05, 4.69) is 41.7 Å². The summed E-state index contributed by atoms with van der Waals surface area (Å²) >= 11 is 0. The lowest BCUT2D eigenvalue weighted by molar-refractivity contribution is 0.312. The van der Waals surface area contributed by atoms with E-state index in [1.165, 1.54) is 23.4 Å². The van der Waals surface area contributed by atoms with E-state index in [0.717, 1.165) is 32.6 Å². The van der Waals surface area contributed by atoms with E-state index in [0.29, 0.717) is 0 Å². The van der Waals surface area contributed by atoms with Crippen LogP contribution in [0.25, 0.3) is 0 Å². The predicted octanol–water partition coefficient (Wildman–Crippen LogP) is 2.09. The minimum atomic E-state index is 1.10. The molecule has 0 unspecified atom stereocenters. The molecule has 1 aliphatic heterocycles. The van der Waals surface area contributed by atoms with Gasteiger partial charge in [0.1, 0.15) is 5.82 Å². The van der Waals surface area contributed by atoms with Crippen LogP contribution in [0.15, 0.2) is 12.3 Å². The van der Waals surface area contributed by atoms with Gasteiger partial charge in [-0.1, -0.05) is 19.4 Å². The Kier molecular flexibility index (Phi) is 4.00. The second kappa shape index (κ2) is 5.50. The molecule has 0 saturated carbocycles. The number of rotatable bonds is 3. The van der Waals surface area contributed by atoms with Crippen LogP contribution in [0.2, 0.25) is 0 Å². The van der Waals surface area contributed by atoms with Gasteiger partial charge in [0.05, 0.1) is 0 Å². The summed E-state index contributed by atoms with van der Waals surface area (Å²) in [5, 5.41) is 0. The summed E-state index contributed by atoms with van der Waals surface area (Å²) in [4.78, 5) is 9.47. The van der Waals surface area contributed by atoms with Crippen LogP contribution in [0, 0.1) is 6.92 Å². The van der Waals surface area contributed by atoms with E-state index < -0.39 is 0 Å². The molecule has 1 aromatic heterocycles. The molecule has 0 amide bonds. The van der Waals surface area contributed by atoms with Gasteiger partial charge in [0, 0.05) is 32.4 Å². The zero-order chi connectivity index (χ0) is 12.3. The third-order valence-corrected chi connectivity index (χ3v) is 3.40. The SMILES string of the molecule is CCCc1cc(C)cnc1N1CCN(C)CC1. The number of anilines is 1. The second-order valence-electron chi connectivity index (χ2n) is 5.04. The van der Waals surface area contributed by atoms with Gasteiger partial charge in [-0.15, -0.1) is 0 Å². The monoisotopic (exact) mass is 233 g/mol. The zero-order valence-corrected chi connectivity index (χ0v) is 11.2. The van der Waals surface area contributed by atoms with Crippen molar-refractivity contribution in [3.05, 3.63) is 23.4 Å². The fraction of sp³-hybridized carbons (Fsp3) is 0.643. The quantitative estimate of drug-likeness (QED) is 0.797. The third kappa shape index (κ3) is 2.97. The molecular weight excluding hydrogens is 210 g/mol. The molecule has 17 heavy (non-hydrogen) atoms. The number of aromatic nitrogens is 1. The third-order valence-electron chi connectivity index (χ3n) is 3.40. The molecule has 1 saturated heterocycles. The Morgan fingerprint density at radius 3 is 2.59 bits per heavy atom. The normalized spacial score (nSPS) is 17.5. The molecule has 0 aliphatic carbocycles. The maximum Gasteiger partial charge on any atom is 0.131 e. The smallest absolute Gasteiger partial charge is 0.131 e. The fourth-order valence-electron chi connectivity index (χ4n) is 2.38. The minimum absolute atomic E-state index is 1.10. The summed E-state index contributed by atoms with van der Waals surface area (Å²) in [6.45, 7) is 8.84. The highest BCUT2D eigenvalue weighted by molar-refractivity contribution is 5.48. The fourth-order valence-corrected chi connectivity index (χ4v) is 2.38. The summed E-state index contributed by atoms with van der Waals surface area (Å²) in [7, 11) is 2.19. The van der Waals surface area contributed by atoms with Gasteiger partial charge in [-0.2, -0.15) is 0 Å². The molecule has 0 atom stereocenters. The van der Waals surface area contributed by atoms with Crippen molar-refractivity contribution >= 4 is 5.82 Å². The molecule has 1 aromatic rings. The lowest BCUT2D eigenvalue weighted by atomic mass is 10.1. The predicted molar refractivity (Wildman–Crippen MR) is 72.7 cm³/mol. The summed E-state index contributed by atoms with van der Waals surface area (Å²) in [6.07, 6.45) is 4.31. The van der Waals surface area contributed by atoms with Gasteiger partial charge in [0.15, 0.2) is 0 Å². The van der Waals surface area contributed by atoms with Gasteiger partial charge in [-0.05, 0) is 31.5 Å². The van der Waals surface area contributed by atoms with E-state index in [-0.39, 0.29) is 0 Å². The summed E-state index contributed by atoms with van der Waals surface area (Å²) in [5.41, 5.74) is 2.68. The van der Waals surface area contributed by atoms with Crippen molar-refractivity contribution in [3.8, 4) is 0 Å². The number of piperazine rings is 1. The highest BCUT2D eigenvalue weighted by Gasteiger charge is 2.17. The van der Waals surface area contributed by atoms with Gasteiger partial charge in [-0.3, -0.25) is 0 Å². The van der Waals surface area contributed by atoms with Gasteiger partial charge >= 0.3 is 0 Å². The molecule has 3 heteroatoms. The van der Waals surface area contributed by atoms with Crippen molar-refractivity contribution < 1.29 is 0 Å². The van der Waals surface area contributed by atoms with E-state index >= 15 is 0 Å². The Morgan fingerprint density at radius 2 is 1.94 bits per heavy atom. The van der Waals surface area contributed by atoms with Crippen molar-refractivity contribution in [2.24, 2.45) is 0 Å². The van der Waals surface area contributed by atoms with Crippen LogP contribution in [-0.4, -0.2) is 43.1 Å². The number of aryl methyl sites for hydroxylation is 2. The molecule has 0 radical (unpaired) electrons. The van der Waals surface area contributed by atoms with E-state index in [4.69, 9.17) is 0 Å². The molecule has 0 N–H and O–H groups in total. The molecule has 1 aliphatic rings. The summed E-state index contributed by atoms with van der Waals surface area (Å²) in [6, 6.07) is 2.30. The van der Waals surface area contributed by atoms with Crippen molar-refractivity contribution in [2.45, 2.75) is 26.7 Å². The number of hydrogen-bond donors (Lipinski definition) is 0. The van der Waals surface area contributed by atoms with Gasteiger partial charge in [0.2, 0.25) is 0 Å². The zero-order valence-electron chi connectivity index (χ0n) is 11.2. The molecular formula is C14H23N3. The van der Waals surface area contributed by atoms with E-state index in [1.54, 1.807) is 0 Å². The first-order chi connectivity index (χ1) is 8.20. The lowest BCUT2D eigenvalue weighted by Gasteiger charge is -2.34. The Bertz CT molecular complexity index is 368. The van der Waals surface area contributed by atoms with E-state index in [9.17, 15) is 0 Å². The molecule has 1 fully saturated rings. The lowest BCUT2D eigenvalue weighted by Crippen LogP contribution is -2.45. The first-order valence-electron chi connectivity index (χ1n) is 6.59. The van der Waals surface area contributed by atoms with Crippen LogP contribution in [0.5, 0.6) is 0 Å². The average Bonchev–Trinajstić information content (AvgIpc) is 2.31. The molecule has 2 rings (SSSR count). The van der Waals surface area contributed by atoms with Crippen molar-refractivity contribution in [1.29, 1.82) is 0 Å². The highest BCUT2D eigenvalue weighted by atomic mass is 15.3.